The molecule has 43 heavy (non-hydrogen) atoms. The van der Waals surface area contributed by atoms with Gasteiger partial charge >= 0.3 is 5.97 Å². The summed E-state index contributed by atoms with van der Waals surface area (Å²) in [6.45, 7) is 17.7. The first-order valence-electron chi connectivity index (χ1n) is 17.1. The van der Waals surface area contributed by atoms with Crippen molar-refractivity contribution in [2.24, 2.45) is 50.2 Å². The SMILES string of the molecule is CC1(C)CC[C@]2(CO)CC[C@]3(C)C(=CC[C@@H]4[C@@]5(C)CC[C@H](OC(=O)/C=C\c6ccc(O)cc6)C(C)(C)[C@@H]5CC[C@]43C)[C@@H]2C1. The van der Waals surface area contributed by atoms with E-state index in [1.807, 2.05) is 0 Å². The molecule has 0 unspecified atom stereocenters. The Morgan fingerprint density at radius 1 is 0.907 bits per heavy atom. The topological polar surface area (TPSA) is 66.8 Å². The second-order valence-corrected chi connectivity index (χ2v) is 17.4. The van der Waals surface area contributed by atoms with E-state index in [1.54, 1.807) is 35.9 Å². The molecule has 4 fully saturated rings. The lowest BCUT2D eigenvalue weighted by atomic mass is 9.33. The number of phenols is 1. The predicted molar refractivity (Wildman–Crippen MR) is 173 cm³/mol. The first kappa shape index (κ1) is 30.9. The second-order valence-electron chi connectivity index (χ2n) is 17.4. The smallest absolute Gasteiger partial charge is 0.331 e. The molecule has 2 N–H and O–H groups in total. The fourth-order valence-electron chi connectivity index (χ4n) is 11.8. The number of carbonyl (C=O) groups excluding carboxylic acids is 1. The van der Waals surface area contributed by atoms with E-state index in [4.69, 9.17) is 4.74 Å². The lowest BCUT2D eigenvalue weighted by molar-refractivity contribution is -0.212. The minimum Gasteiger partial charge on any atom is -0.508 e. The molecule has 0 aliphatic heterocycles. The van der Waals surface area contributed by atoms with E-state index < -0.39 is 0 Å². The van der Waals surface area contributed by atoms with Crippen molar-refractivity contribution < 1.29 is 19.7 Å². The Hall–Kier alpha value is -2.07. The van der Waals surface area contributed by atoms with Gasteiger partial charge in [-0.05, 0) is 127 Å². The molecule has 0 spiro atoms. The molecular formula is C39H56O4. The largest absolute Gasteiger partial charge is 0.508 e. The number of aliphatic hydroxyl groups excluding tert-OH is 1. The minimum absolute atomic E-state index is 0.0752. The Morgan fingerprint density at radius 3 is 2.30 bits per heavy atom. The molecule has 236 valence electrons. The van der Waals surface area contributed by atoms with E-state index >= 15 is 0 Å². The molecule has 8 atom stereocenters. The highest BCUT2D eigenvalue weighted by atomic mass is 16.5. The van der Waals surface area contributed by atoms with Crippen molar-refractivity contribution in [1.82, 2.24) is 0 Å². The molecule has 4 saturated carbocycles. The van der Waals surface area contributed by atoms with E-state index in [0.717, 1.165) is 37.7 Å². The number of aromatic hydroxyl groups is 1. The van der Waals surface area contributed by atoms with Crippen molar-refractivity contribution >= 4 is 12.0 Å². The van der Waals surface area contributed by atoms with Crippen molar-refractivity contribution in [3.8, 4) is 5.75 Å². The molecule has 0 heterocycles. The van der Waals surface area contributed by atoms with Crippen molar-refractivity contribution in [1.29, 1.82) is 0 Å². The summed E-state index contributed by atoms with van der Waals surface area (Å²) in [5.74, 6) is 1.55. The number of hydrogen-bond donors (Lipinski definition) is 2. The quantitative estimate of drug-likeness (QED) is 0.209. The van der Waals surface area contributed by atoms with Gasteiger partial charge in [-0.1, -0.05) is 72.2 Å². The van der Waals surface area contributed by atoms with Crippen LogP contribution in [0.25, 0.3) is 6.08 Å². The molecular weight excluding hydrogens is 532 g/mol. The molecule has 5 aliphatic rings. The van der Waals surface area contributed by atoms with Crippen LogP contribution in [0.2, 0.25) is 0 Å². The van der Waals surface area contributed by atoms with Gasteiger partial charge in [0.2, 0.25) is 0 Å². The summed E-state index contributed by atoms with van der Waals surface area (Å²) in [4.78, 5) is 13.0. The zero-order chi connectivity index (χ0) is 31.1. The molecule has 6 rings (SSSR count). The molecule has 4 heteroatoms. The van der Waals surface area contributed by atoms with Crippen molar-refractivity contribution in [2.45, 2.75) is 119 Å². The third-order valence-electron chi connectivity index (χ3n) is 14.6. The lowest BCUT2D eigenvalue weighted by Gasteiger charge is -2.71. The van der Waals surface area contributed by atoms with E-state index in [0.29, 0.717) is 29.8 Å². The van der Waals surface area contributed by atoms with Gasteiger partial charge in [0.25, 0.3) is 0 Å². The molecule has 1 aromatic rings. The van der Waals surface area contributed by atoms with Crippen LogP contribution in [0.1, 0.15) is 118 Å². The van der Waals surface area contributed by atoms with Crippen LogP contribution in [0.4, 0.5) is 0 Å². The Kier molecular flexibility index (Phi) is 7.36. The van der Waals surface area contributed by atoms with Crippen molar-refractivity contribution in [2.75, 3.05) is 6.61 Å². The molecule has 0 bridgehead atoms. The number of carbonyl (C=O) groups is 1. The lowest BCUT2D eigenvalue weighted by Crippen LogP contribution is -2.65. The molecule has 1 aromatic carbocycles. The maximum Gasteiger partial charge on any atom is 0.331 e. The number of phenolic OH excluding ortho intramolecular Hbond substituents is 1. The molecule has 4 nitrogen and oxygen atoms in total. The number of ether oxygens (including phenoxy) is 1. The summed E-state index contributed by atoms with van der Waals surface area (Å²) in [5.41, 5.74) is 3.48. The highest BCUT2D eigenvalue weighted by Crippen LogP contribution is 2.75. The summed E-state index contributed by atoms with van der Waals surface area (Å²) < 4.78 is 6.20. The van der Waals surface area contributed by atoms with Crippen LogP contribution in [0.15, 0.2) is 42.0 Å². The predicted octanol–water partition coefficient (Wildman–Crippen LogP) is 9.11. The Morgan fingerprint density at radius 2 is 1.60 bits per heavy atom. The minimum atomic E-state index is -0.280. The molecule has 0 amide bonds. The number of fused-ring (bicyclic) bond motifs is 7. The zero-order valence-electron chi connectivity index (χ0n) is 27.8. The van der Waals surface area contributed by atoms with Crippen molar-refractivity contribution in [3.05, 3.63) is 47.6 Å². The van der Waals surface area contributed by atoms with Crippen LogP contribution < -0.4 is 0 Å². The van der Waals surface area contributed by atoms with Gasteiger partial charge in [0.1, 0.15) is 11.9 Å². The zero-order valence-corrected chi connectivity index (χ0v) is 27.8. The van der Waals surface area contributed by atoms with Crippen LogP contribution >= 0.6 is 0 Å². The number of rotatable bonds is 4. The van der Waals surface area contributed by atoms with E-state index in [1.165, 1.54) is 38.2 Å². The van der Waals surface area contributed by atoms with Crippen molar-refractivity contribution in [3.63, 3.8) is 0 Å². The Labute approximate surface area is 260 Å². The van der Waals surface area contributed by atoms with Crippen LogP contribution in [-0.2, 0) is 9.53 Å². The van der Waals surface area contributed by atoms with Gasteiger partial charge in [0, 0.05) is 23.5 Å². The van der Waals surface area contributed by atoms with Crippen LogP contribution in [0, 0.1) is 50.2 Å². The maximum absolute atomic E-state index is 13.0. The van der Waals surface area contributed by atoms with Crippen LogP contribution in [-0.4, -0.2) is 28.9 Å². The van der Waals surface area contributed by atoms with Crippen LogP contribution in [0.3, 0.4) is 0 Å². The third kappa shape index (κ3) is 4.67. The number of benzene rings is 1. The molecule has 0 saturated heterocycles. The second kappa shape index (κ2) is 10.2. The summed E-state index contributed by atoms with van der Waals surface area (Å²) in [5, 5.41) is 20.3. The number of allylic oxidation sites excluding steroid dienone is 2. The summed E-state index contributed by atoms with van der Waals surface area (Å²) >= 11 is 0. The fourth-order valence-corrected chi connectivity index (χ4v) is 11.8. The van der Waals surface area contributed by atoms with Gasteiger partial charge in [-0.2, -0.15) is 0 Å². The fraction of sp³-hybridized carbons (Fsp3) is 0.718. The van der Waals surface area contributed by atoms with Crippen LogP contribution in [0.5, 0.6) is 5.75 Å². The number of hydrogen-bond acceptors (Lipinski definition) is 4. The summed E-state index contributed by atoms with van der Waals surface area (Å²) in [7, 11) is 0. The van der Waals surface area contributed by atoms with Gasteiger partial charge in [-0.15, -0.1) is 0 Å². The van der Waals surface area contributed by atoms with E-state index in [9.17, 15) is 15.0 Å². The summed E-state index contributed by atoms with van der Waals surface area (Å²) in [6, 6.07) is 6.85. The molecule has 5 aliphatic carbocycles. The Balaban J connectivity index is 1.25. The monoisotopic (exact) mass is 588 g/mol. The van der Waals surface area contributed by atoms with Gasteiger partial charge in [-0.25, -0.2) is 4.79 Å². The van der Waals surface area contributed by atoms with Gasteiger partial charge in [0.15, 0.2) is 0 Å². The van der Waals surface area contributed by atoms with Gasteiger partial charge in [0.05, 0.1) is 0 Å². The van der Waals surface area contributed by atoms with E-state index in [2.05, 4.69) is 54.5 Å². The standard InChI is InChI=1S/C39H56O4/c1-34(2)20-22-39(25-40)23-21-37(6)28(29(39)24-34)13-14-31-36(5)18-17-32(35(3,4)30(36)16-19-38(31,37)7)43-33(42)15-10-26-8-11-27(41)12-9-26/h8-13,15,29-32,40-41H,14,16-25H2,1-7H3/b15-10-/t29-,30-,31+,32-,36-,37+,38+,39+/m0/s1. The molecule has 0 aromatic heterocycles. The molecule has 0 radical (unpaired) electrons. The highest BCUT2D eigenvalue weighted by molar-refractivity contribution is 5.87. The normalized spacial score (nSPS) is 43.0. The maximum atomic E-state index is 13.0. The average molecular weight is 589 g/mol. The number of esters is 1. The third-order valence-corrected chi connectivity index (χ3v) is 14.6. The van der Waals surface area contributed by atoms with Gasteiger partial charge in [-0.3, -0.25) is 0 Å². The first-order chi connectivity index (χ1) is 20.1. The average Bonchev–Trinajstić information content (AvgIpc) is 2.94. The number of aliphatic hydroxyl groups is 1. The first-order valence-corrected chi connectivity index (χ1v) is 17.1. The van der Waals surface area contributed by atoms with Gasteiger partial charge < -0.3 is 14.9 Å². The van der Waals surface area contributed by atoms with E-state index in [-0.39, 0.29) is 44.9 Å². The summed E-state index contributed by atoms with van der Waals surface area (Å²) in [6.07, 6.45) is 17.4. The highest BCUT2D eigenvalue weighted by Gasteiger charge is 2.68. The Bertz CT molecular complexity index is 1300.